The molecule has 0 saturated carbocycles. The van der Waals surface area contributed by atoms with E-state index in [9.17, 15) is 19.7 Å². The van der Waals surface area contributed by atoms with Crippen LogP contribution >= 0.6 is 11.3 Å². The molecule has 0 N–H and O–H groups in total. The molecule has 0 radical (unpaired) electrons. The van der Waals surface area contributed by atoms with Crippen molar-refractivity contribution in [3.63, 3.8) is 0 Å². The minimum atomic E-state index is -0.773. The van der Waals surface area contributed by atoms with Crippen molar-refractivity contribution in [2.45, 2.75) is 6.92 Å². The van der Waals surface area contributed by atoms with Gasteiger partial charge in [-0.3, -0.25) is 14.9 Å². The summed E-state index contributed by atoms with van der Waals surface area (Å²) in [4.78, 5) is 37.6. The largest absolute Gasteiger partial charge is 0.454 e. The number of nitro groups is 1. The molecular weight excluding hydrogens is 332 g/mol. The van der Waals surface area contributed by atoms with E-state index in [0.29, 0.717) is 10.6 Å². The van der Waals surface area contributed by atoms with Crippen LogP contribution in [0.4, 0.5) is 11.4 Å². The minimum Gasteiger partial charge on any atom is -0.454 e. The van der Waals surface area contributed by atoms with Crippen molar-refractivity contribution in [2.24, 2.45) is 0 Å². The Hall–Kier alpha value is -2.74. The quantitative estimate of drug-likeness (QED) is 0.345. The minimum absolute atomic E-state index is 0.0301. The van der Waals surface area contributed by atoms with Crippen molar-refractivity contribution in [3.05, 3.63) is 55.8 Å². The van der Waals surface area contributed by atoms with E-state index in [2.05, 4.69) is 0 Å². The molecule has 0 atom stereocenters. The molecule has 1 heterocycles. The molecule has 0 bridgehead atoms. The molecule has 0 saturated heterocycles. The number of Topliss-reactive ketones (excluding diaryl/α,β-unsaturated/α-hetero) is 1. The average Bonchev–Trinajstić information content (AvgIpc) is 2.98. The van der Waals surface area contributed by atoms with Gasteiger partial charge in [0.1, 0.15) is 5.69 Å². The van der Waals surface area contributed by atoms with Crippen molar-refractivity contribution in [1.29, 1.82) is 0 Å². The first-order chi connectivity index (χ1) is 11.3. The predicted octanol–water partition coefficient (Wildman–Crippen LogP) is 3.07. The Morgan fingerprint density at radius 3 is 2.50 bits per heavy atom. The second kappa shape index (κ2) is 7.22. The lowest BCUT2D eigenvalue weighted by Gasteiger charge is -2.13. The molecule has 0 fully saturated rings. The molecule has 0 amide bonds. The van der Waals surface area contributed by atoms with Gasteiger partial charge in [0.15, 0.2) is 6.61 Å². The number of hydrogen-bond donors (Lipinski definition) is 0. The molecule has 0 aliphatic carbocycles. The van der Waals surface area contributed by atoms with Crippen LogP contribution in [-0.4, -0.2) is 37.4 Å². The van der Waals surface area contributed by atoms with E-state index in [-0.39, 0.29) is 17.0 Å². The molecule has 7 nitrogen and oxygen atoms in total. The monoisotopic (exact) mass is 348 g/mol. The van der Waals surface area contributed by atoms with Gasteiger partial charge < -0.3 is 9.64 Å². The van der Waals surface area contributed by atoms with Crippen molar-refractivity contribution in [3.8, 4) is 0 Å². The number of benzene rings is 1. The third kappa shape index (κ3) is 3.96. The van der Waals surface area contributed by atoms with Gasteiger partial charge in [0.05, 0.1) is 15.4 Å². The maximum Gasteiger partial charge on any atom is 0.338 e. The Bertz CT molecular complexity index is 798. The first-order valence-corrected chi connectivity index (χ1v) is 7.83. The van der Waals surface area contributed by atoms with Gasteiger partial charge in [-0.2, -0.15) is 0 Å². The number of ether oxygens (including phenoxy) is 1. The van der Waals surface area contributed by atoms with Gasteiger partial charge in [-0.15, -0.1) is 11.3 Å². The van der Waals surface area contributed by atoms with E-state index >= 15 is 0 Å². The van der Waals surface area contributed by atoms with Crippen molar-refractivity contribution in [1.82, 2.24) is 0 Å². The van der Waals surface area contributed by atoms with Crippen LogP contribution in [0.1, 0.15) is 24.9 Å². The summed E-state index contributed by atoms with van der Waals surface area (Å²) in [5, 5.41) is 11.1. The van der Waals surface area contributed by atoms with E-state index in [1.807, 2.05) is 13.0 Å². The van der Waals surface area contributed by atoms with Gasteiger partial charge in [0.2, 0.25) is 5.78 Å². The third-order valence-electron chi connectivity index (χ3n) is 3.24. The van der Waals surface area contributed by atoms with Gasteiger partial charge in [-0.25, -0.2) is 4.79 Å². The van der Waals surface area contributed by atoms with E-state index in [4.69, 9.17) is 4.74 Å². The van der Waals surface area contributed by atoms with Crippen LogP contribution in [-0.2, 0) is 4.74 Å². The number of nitrogens with zero attached hydrogens (tertiary/aromatic N) is 2. The third-order valence-corrected chi connectivity index (χ3v) is 4.28. The summed E-state index contributed by atoms with van der Waals surface area (Å²) in [7, 11) is 3.34. The van der Waals surface area contributed by atoms with Crippen molar-refractivity contribution < 1.29 is 19.2 Å². The Morgan fingerprint density at radius 1 is 1.25 bits per heavy atom. The number of hydrogen-bond acceptors (Lipinski definition) is 7. The number of nitro benzene ring substituents is 1. The average molecular weight is 348 g/mol. The molecule has 0 aliphatic rings. The molecule has 1 aromatic heterocycles. The van der Waals surface area contributed by atoms with Crippen LogP contribution in [0.3, 0.4) is 0 Å². The summed E-state index contributed by atoms with van der Waals surface area (Å²) in [6, 6.07) is 7.54. The fourth-order valence-electron chi connectivity index (χ4n) is 2.04. The fourth-order valence-corrected chi connectivity index (χ4v) is 2.84. The molecule has 126 valence electrons. The summed E-state index contributed by atoms with van der Waals surface area (Å²) >= 11 is 1.32. The molecule has 1 aromatic carbocycles. The number of anilines is 1. The number of esters is 1. The second-order valence-corrected chi connectivity index (χ2v) is 6.55. The van der Waals surface area contributed by atoms with Crippen LogP contribution < -0.4 is 4.90 Å². The van der Waals surface area contributed by atoms with E-state index in [1.165, 1.54) is 23.5 Å². The van der Waals surface area contributed by atoms with Crippen molar-refractivity contribution in [2.75, 3.05) is 25.6 Å². The van der Waals surface area contributed by atoms with Gasteiger partial charge in [0, 0.05) is 25.0 Å². The Kier molecular flexibility index (Phi) is 5.30. The van der Waals surface area contributed by atoms with E-state index < -0.39 is 17.5 Å². The molecule has 0 spiro atoms. The van der Waals surface area contributed by atoms with Crippen molar-refractivity contribution >= 4 is 34.5 Å². The number of carbonyl (C=O) groups is 2. The predicted molar refractivity (Wildman–Crippen MR) is 91.1 cm³/mol. The first-order valence-electron chi connectivity index (χ1n) is 7.02. The van der Waals surface area contributed by atoms with Crippen LogP contribution in [0, 0.1) is 17.0 Å². The number of carbonyl (C=O) groups excluding carboxylic acids is 2. The lowest BCUT2D eigenvalue weighted by Crippen LogP contribution is -2.15. The number of rotatable bonds is 6. The van der Waals surface area contributed by atoms with Gasteiger partial charge in [0.25, 0.3) is 5.69 Å². The maximum absolute atomic E-state index is 12.0. The smallest absolute Gasteiger partial charge is 0.338 e. The highest BCUT2D eigenvalue weighted by Gasteiger charge is 2.20. The van der Waals surface area contributed by atoms with E-state index in [0.717, 1.165) is 10.9 Å². The Morgan fingerprint density at radius 2 is 1.96 bits per heavy atom. The summed E-state index contributed by atoms with van der Waals surface area (Å²) in [5.74, 6) is -1.08. The molecule has 24 heavy (non-hydrogen) atoms. The highest BCUT2D eigenvalue weighted by molar-refractivity contribution is 7.14. The van der Waals surface area contributed by atoms with Gasteiger partial charge >= 0.3 is 5.97 Å². The molecule has 2 rings (SSSR count). The van der Waals surface area contributed by atoms with Gasteiger partial charge in [-0.05, 0) is 31.2 Å². The summed E-state index contributed by atoms with van der Waals surface area (Å²) in [6.07, 6.45) is 0. The number of ketones is 1. The van der Waals surface area contributed by atoms with Crippen LogP contribution in [0.5, 0.6) is 0 Å². The van der Waals surface area contributed by atoms with Crippen LogP contribution in [0.2, 0.25) is 0 Å². The Balaban J connectivity index is 2.11. The fraction of sp³-hybridized carbons (Fsp3) is 0.250. The lowest BCUT2D eigenvalue weighted by molar-refractivity contribution is -0.384. The maximum atomic E-state index is 12.0. The van der Waals surface area contributed by atoms with Gasteiger partial charge in [-0.1, -0.05) is 0 Å². The highest BCUT2D eigenvalue weighted by atomic mass is 32.1. The zero-order valence-corrected chi connectivity index (χ0v) is 14.3. The standard InChI is InChI=1S/C16H16N2O5S/c1-10-4-7-15(24-10)14(19)9-23-16(20)11-5-6-12(17(2)3)13(8-11)18(21)22/h4-8H,9H2,1-3H3. The van der Waals surface area contributed by atoms with Crippen LogP contribution in [0.25, 0.3) is 0 Å². The molecular formula is C16H16N2O5S. The highest BCUT2D eigenvalue weighted by Crippen LogP contribution is 2.28. The first kappa shape index (κ1) is 17.6. The lowest BCUT2D eigenvalue weighted by atomic mass is 10.1. The molecule has 0 unspecified atom stereocenters. The summed E-state index contributed by atoms with van der Waals surface area (Å²) in [5.41, 5.74) is 0.207. The number of thiophene rings is 1. The topological polar surface area (TPSA) is 89.8 Å². The zero-order chi connectivity index (χ0) is 17.9. The number of aryl methyl sites for hydroxylation is 1. The molecule has 8 heteroatoms. The Labute approximate surface area is 142 Å². The zero-order valence-electron chi connectivity index (χ0n) is 13.4. The SMILES string of the molecule is Cc1ccc(C(=O)COC(=O)c2ccc(N(C)C)c([N+](=O)[O-])c2)s1. The molecule has 0 aliphatic heterocycles. The van der Waals surface area contributed by atoms with E-state index in [1.54, 1.807) is 25.1 Å². The second-order valence-electron chi connectivity index (χ2n) is 5.26. The summed E-state index contributed by atoms with van der Waals surface area (Å²) in [6.45, 7) is 1.47. The summed E-state index contributed by atoms with van der Waals surface area (Å²) < 4.78 is 4.97. The normalized spacial score (nSPS) is 10.3. The van der Waals surface area contributed by atoms with Crippen LogP contribution in [0.15, 0.2) is 30.3 Å². The molecule has 2 aromatic rings.